The van der Waals surface area contributed by atoms with Crippen LogP contribution in [0.25, 0.3) is 94.3 Å². The van der Waals surface area contributed by atoms with E-state index in [0.29, 0.717) is 0 Å². The van der Waals surface area contributed by atoms with Gasteiger partial charge in [0.1, 0.15) is 0 Å². The molecule has 2 nitrogen and oxygen atoms in total. The van der Waals surface area contributed by atoms with Crippen molar-refractivity contribution >= 4 is 33.2 Å². The van der Waals surface area contributed by atoms with E-state index in [9.17, 15) is 0 Å². The first kappa shape index (κ1) is 34.5. The molecule has 0 radical (unpaired) electrons. The zero-order valence-corrected chi connectivity index (χ0v) is 34.3. The molecule has 14 rings (SSSR count). The summed E-state index contributed by atoms with van der Waals surface area (Å²) in [5.41, 5.74) is 26.1. The van der Waals surface area contributed by atoms with Crippen LogP contribution in [0, 0.1) is 0 Å². The molecule has 2 aliphatic carbocycles. The number of benzene rings is 10. The lowest BCUT2D eigenvalue weighted by Crippen LogP contribution is -2.26. The number of hydrogen-bond acceptors (Lipinski definition) is 1. The number of nitrogens with one attached hydrogen (secondary N) is 1. The summed E-state index contributed by atoms with van der Waals surface area (Å²) in [6.45, 7) is 0. The second-order valence-corrected chi connectivity index (χ2v) is 17.2. The van der Waals surface area contributed by atoms with Crippen LogP contribution in [0.4, 0.5) is 11.4 Å². The quantitative estimate of drug-likeness (QED) is 0.184. The van der Waals surface area contributed by atoms with Gasteiger partial charge in [0.05, 0.1) is 22.1 Å². The van der Waals surface area contributed by atoms with Crippen molar-refractivity contribution in [1.82, 2.24) is 4.57 Å². The number of aromatic nitrogens is 1. The molecule has 1 spiro atoms. The van der Waals surface area contributed by atoms with E-state index in [1.165, 1.54) is 117 Å². The predicted molar refractivity (Wildman–Crippen MR) is 262 cm³/mol. The van der Waals surface area contributed by atoms with Crippen molar-refractivity contribution in [3.05, 3.63) is 247 Å². The molecule has 1 aliphatic heterocycles. The molecular weight excluding hydrogens is 761 g/mol. The van der Waals surface area contributed by atoms with Crippen molar-refractivity contribution < 1.29 is 0 Å². The average Bonchev–Trinajstić information content (AvgIpc) is 3.93. The summed E-state index contributed by atoms with van der Waals surface area (Å²) in [7, 11) is 0. The molecule has 292 valence electrons. The fraction of sp³-hybridized carbons (Fsp3) is 0.0164. The zero-order valence-electron chi connectivity index (χ0n) is 34.3. The van der Waals surface area contributed by atoms with Gasteiger partial charge in [-0.25, -0.2) is 0 Å². The Bertz CT molecular complexity index is 3640. The number of fused-ring (bicyclic) bond motifs is 13. The van der Waals surface area contributed by atoms with Crippen LogP contribution < -0.4 is 5.32 Å². The summed E-state index contributed by atoms with van der Waals surface area (Å²) >= 11 is 0. The van der Waals surface area contributed by atoms with Gasteiger partial charge >= 0.3 is 0 Å². The molecular formula is C61H38N2. The van der Waals surface area contributed by atoms with E-state index >= 15 is 0 Å². The minimum Gasteiger partial charge on any atom is -0.356 e. The molecule has 1 aromatic heterocycles. The Labute approximate surface area is 366 Å². The second kappa shape index (κ2) is 12.9. The molecule has 1 N–H and O–H groups in total. The van der Waals surface area contributed by atoms with Crippen molar-refractivity contribution in [2.45, 2.75) is 5.41 Å². The van der Waals surface area contributed by atoms with E-state index in [4.69, 9.17) is 0 Å². The first-order valence-corrected chi connectivity index (χ1v) is 21.9. The topological polar surface area (TPSA) is 17.0 Å². The van der Waals surface area contributed by atoms with Crippen LogP contribution in [-0.4, -0.2) is 4.57 Å². The van der Waals surface area contributed by atoms with E-state index < -0.39 is 5.41 Å². The fourth-order valence-corrected chi connectivity index (χ4v) is 11.6. The van der Waals surface area contributed by atoms with Crippen molar-refractivity contribution in [2.75, 3.05) is 5.32 Å². The molecule has 2 heteroatoms. The summed E-state index contributed by atoms with van der Waals surface area (Å²) in [6, 6.07) is 83.2. The molecule has 63 heavy (non-hydrogen) atoms. The van der Waals surface area contributed by atoms with Crippen molar-refractivity contribution in [1.29, 1.82) is 0 Å². The number of rotatable bonds is 5. The third-order valence-electron chi connectivity index (χ3n) is 14.1. The lowest BCUT2D eigenvalue weighted by molar-refractivity contribution is 0.794. The summed E-state index contributed by atoms with van der Waals surface area (Å²) in [6.07, 6.45) is 0. The van der Waals surface area contributed by atoms with E-state index in [1.807, 2.05) is 0 Å². The van der Waals surface area contributed by atoms with Crippen LogP contribution in [0.1, 0.15) is 22.3 Å². The minimum atomic E-state index is -0.442. The number of para-hydroxylation sites is 2. The molecule has 0 bridgehead atoms. The van der Waals surface area contributed by atoms with Gasteiger partial charge < -0.3 is 9.88 Å². The van der Waals surface area contributed by atoms with Crippen LogP contribution in [0.3, 0.4) is 0 Å². The van der Waals surface area contributed by atoms with Gasteiger partial charge in [0.15, 0.2) is 0 Å². The molecule has 0 atom stereocenters. The Morgan fingerprint density at radius 2 is 0.905 bits per heavy atom. The monoisotopic (exact) mass is 798 g/mol. The second-order valence-electron chi connectivity index (χ2n) is 17.2. The molecule has 0 amide bonds. The maximum absolute atomic E-state index is 3.62. The fourth-order valence-electron chi connectivity index (χ4n) is 11.6. The molecule has 11 aromatic rings. The van der Waals surface area contributed by atoms with Crippen molar-refractivity contribution in [3.8, 4) is 72.4 Å². The number of anilines is 2. The van der Waals surface area contributed by atoms with Gasteiger partial charge in [0, 0.05) is 33.3 Å². The highest BCUT2D eigenvalue weighted by molar-refractivity contribution is 6.21. The first-order chi connectivity index (χ1) is 31.3. The number of nitrogens with zero attached hydrogens (tertiary/aromatic N) is 1. The molecule has 0 saturated heterocycles. The SMILES string of the molecule is c1ccc(-c2cccc(Nc3ccc(-c4ccc(-c5ccc6c7c5-c5ccccc5-n5c8ccccc8c8ccc(c-7c85)C65c6ccccc6-c6ccccc65)cc4)cc3)c2)cc1. The molecule has 2 heterocycles. The zero-order chi connectivity index (χ0) is 41.2. The lowest BCUT2D eigenvalue weighted by Gasteiger charge is -2.31. The van der Waals surface area contributed by atoms with Gasteiger partial charge in [0.2, 0.25) is 0 Å². The number of hydrogen-bond donors (Lipinski definition) is 1. The van der Waals surface area contributed by atoms with Crippen LogP contribution in [0.2, 0.25) is 0 Å². The van der Waals surface area contributed by atoms with Gasteiger partial charge in [-0.2, -0.15) is 0 Å². The van der Waals surface area contributed by atoms with Crippen LogP contribution >= 0.6 is 0 Å². The normalized spacial score (nSPS) is 13.2. The van der Waals surface area contributed by atoms with Crippen LogP contribution in [0.5, 0.6) is 0 Å². The van der Waals surface area contributed by atoms with Crippen molar-refractivity contribution in [3.63, 3.8) is 0 Å². The maximum atomic E-state index is 3.62. The van der Waals surface area contributed by atoms with E-state index in [2.05, 4.69) is 234 Å². The average molecular weight is 799 g/mol. The Morgan fingerprint density at radius 1 is 0.317 bits per heavy atom. The third-order valence-corrected chi connectivity index (χ3v) is 14.1. The third kappa shape index (κ3) is 4.67. The van der Waals surface area contributed by atoms with E-state index in [-0.39, 0.29) is 0 Å². The smallest absolute Gasteiger partial charge is 0.0726 e. The summed E-state index contributed by atoms with van der Waals surface area (Å²) in [4.78, 5) is 0. The summed E-state index contributed by atoms with van der Waals surface area (Å²) < 4.78 is 2.57. The highest BCUT2D eigenvalue weighted by Gasteiger charge is 2.53. The Balaban J connectivity index is 0.936. The van der Waals surface area contributed by atoms with Gasteiger partial charge in [-0.1, -0.05) is 188 Å². The Hall–Kier alpha value is -8.20. The van der Waals surface area contributed by atoms with Crippen molar-refractivity contribution in [2.24, 2.45) is 0 Å². The summed E-state index contributed by atoms with van der Waals surface area (Å²) in [5, 5.41) is 6.21. The van der Waals surface area contributed by atoms with Gasteiger partial charge in [-0.05, 0) is 114 Å². The van der Waals surface area contributed by atoms with Gasteiger partial charge in [-0.15, -0.1) is 0 Å². The maximum Gasteiger partial charge on any atom is 0.0726 e. The molecule has 0 unspecified atom stereocenters. The van der Waals surface area contributed by atoms with Gasteiger partial charge in [-0.3, -0.25) is 0 Å². The predicted octanol–water partition coefficient (Wildman–Crippen LogP) is 15.9. The van der Waals surface area contributed by atoms with Gasteiger partial charge in [0.25, 0.3) is 0 Å². The molecule has 3 aliphatic rings. The van der Waals surface area contributed by atoms with E-state index in [0.717, 1.165) is 11.4 Å². The Kier molecular flexibility index (Phi) is 7.07. The summed E-state index contributed by atoms with van der Waals surface area (Å²) in [5.74, 6) is 0. The largest absolute Gasteiger partial charge is 0.356 e. The highest BCUT2D eigenvalue weighted by Crippen LogP contribution is 2.67. The molecule has 10 aromatic carbocycles. The van der Waals surface area contributed by atoms with E-state index in [1.54, 1.807) is 0 Å². The van der Waals surface area contributed by atoms with Crippen LogP contribution in [0.15, 0.2) is 224 Å². The lowest BCUT2D eigenvalue weighted by atomic mass is 9.70. The highest BCUT2D eigenvalue weighted by atomic mass is 15.0. The Morgan fingerprint density at radius 3 is 1.68 bits per heavy atom. The van der Waals surface area contributed by atoms with Crippen LogP contribution in [-0.2, 0) is 5.41 Å². The molecule has 0 fully saturated rings. The minimum absolute atomic E-state index is 0.442. The molecule has 0 saturated carbocycles. The standard InChI is InChI=1S/C61H38N2/c1-2-13-38(14-3-1)42-15-12-16-44(37-42)62-43-31-29-40(30-32-43)39-25-27-41(28-26-39)45-33-35-53-58-57(45)50-20-7-11-24-56(50)63-55-23-10-6-19-48(55)49-34-36-54(59(58)60(49)63)61(53)51-21-8-4-17-46(51)47-18-5-9-22-52(47)61/h1-37,62H. The first-order valence-electron chi connectivity index (χ1n) is 21.9.